The molecule has 0 bridgehead atoms. The van der Waals surface area contributed by atoms with Gasteiger partial charge < -0.3 is 5.73 Å². The summed E-state index contributed by atoms with van der Waals surface area (Å²) in [5.74, 6) is -0.457. The fraction of sp³-hybridized carbons (Fsp3) is 0.188. The Balaban J connectivity index is 2.27. The van der Waals surface area contributed by atoms with Crippen LogP contribution in [0.15, 0.2) is 54.6 Å². The molecule has 0 saturated heterocycles. The number of rotatable bonds is 5. The largest absolute Gasteiger partial charge is 0.368 e. The Morgan fingerprint density at radius 3 is 2.35 bits per heavy atom. The molecule has 1 unspecified atom stereocenters. The molecular weight excluding hydrogens is 272 g/mol. The minimum absolute atomic E-state index is 0.457. The third-order valence-corrected chi connectivity index (χ3v) is 3.72. The Hall–Kier alpha value is -1.84. The van der Waals surface area contributed by atoms with Crippen molar-refractivity contribution >= 4 is 17.5 Å². The number of carbonyl (C=O) groups excluding carboxylic acids is 1. The van der Waals surface area contributed by atoms with Crippen molar-refractivity contribution in [2.75, 3.05) is 0 Å². The summed E-state index contributed by atoms with van der Waals surface area (Å²) in [7, 11) is 0. The van der Waals surface area contributed by atoms with Gasteiger partial charge in [0.05, 0.1) is 0 Å². The predicted molar refractivity (Wildman–Crippen MR) is 81.3 cm³/mol. The Bertz CT molecular complexity index is 600. The van der Waals surface area contributed by atoms with Crippen LogP contribution in [0.4, 0.5) is 0 Å². The van der Waals surface area contributed by atoms with E-state index < -0.39 is 11.4 Å². The van der Waals surface area contributed by atoms with E-state index in [0.717, 1.165) is 5.56 Å². The molecular formula is C16H17ClN2O. The highest BCUT2D eigenvalue weighted by atomic mass is 35.5. The van der Waals surface area contributed by atoms with Crippen LogP contribution in [0.2, 0.25) is 5.02 Å². The smallest absolute Gasteiger partial charge is 0.242 e. The monoisotopic (exact) mass is 288 g/mol. The molecule has 3 N–H and O–H groups in total. The topological polar surface area (TPSA) is 55.1 Å². The van der Waals surface area contributed by atoms with Gasteiger partial charge in [-0.2, -0.15) is 0 Å². The van der Waals surface area contributed by atoms with Crippen molar-refractivity contribution in [2.24, 2.45) is 5.73 Å². The minimum atomic E-state index is -1.01. The third-order valence-electron chi connectivity index (χ3n) is 3.39. The van der Waals surface area contributed by atoms with Crippen molar-refractivity contribution in [3.63, 3.8) is 0 Å². The van der Waals surface area contributed by atoms with Gasteiger partial charge in [0.1, 0.15) is 5.54 Å². The molecule has 104 valence electrons. The van der Waals surface area contributed by atoms with Crippen LogP contribution in [-0.2, 0) is 16.9 Å². The van der Waals surface area contributed by atoms with Crippen molar-refractivity contribution in [2.45, 2.75) is 19.0 Å². The van der Waals surface area contributed by atoms with Crippen molar-refractivity contribution in [1.82, 2.24) is 5.32 Å². The quantitative estimate of drug-likeness (QED) is 0.889. The number of nitrogens with one attached hydrogen (secondary N) is 1. The second kappa shape index (κ2) is 6.07. The maximum absolute atomic E-state index is 11.9. The number of halogens is 1. The van der Waals surface area contributed by atoms with Gasteiger partial charge in [0.25, 0.3) is 0 Å². The third kappa shape index (κ3) is 3.00. The van der Waals surface area contributed by atoms with E-state index in [1.165, 1.54) is 0 Å². The van der Waals surface area contributed by atoms with E-state index in [2.05, 4.69) is 5.32 Å². The minimum Gasteiger partial charge on any atom is -0.368 e. The molecule has 0 aliphatic carbocycles. The fourth-order valence-electron chi connectivity index (χ4n) is 2.06. The Morgan fingerprint density at radius 1 is 1.15 bits per heavy atom. The lowest BCUT2D eigenvalue weighted by Gasteiger charge is -2.29. The van der Waals surface area contributed by atoms with Crippen molar-refractivity contribution in [3.05, 3.63) is 70.7 Å². The first-order valence-corrected chi connectivity index (χ1v) is 6.75. The fourth-order valence-corrected chi connectivity index (χ4v) is 2.38. The van der Waals surface area contributed by atoms with Crippen LogP contribution in [0.5, 0.6) is 0 Å². The highest BCUT2D eigenvalue weighted by molar-refractivity contribution is 6.31. The maximum atomic E-state index is 11.9. The van der Waals surface area contributed by atoms with Gasteiger partial charge in [0.2, 0.25) is 5.91 Å². The van der Waals surface area contributed by atoms with Gasteiger partial charge in [-0.25, -0.2) is 0 Å². The molecule has 0 fully saturated rings. The first-order chi connectivity index (χ1) is 9.54. The average molecular weight is 289 g/mol. The number of hydrogen-bond donors (Lipinski definition) is 2. The van der Waals surface area contributed by atoms with Crippen molar-refractivity contribution < 1.29 is 4.79 Å². The molecule has 2 aromatic rings. The predicted octanol–water partition coefficient (Wildman–Crippen LogP) is 2.83. The summed E-state index contributed by atoms with van der Waals surface area (Å²) in [6.45, 7) is 2.28. The zero-order chi connectivity index (χ0) is 14.6. The van der Waals surface area contributed by atoms with Gasteiger partial charge in [-0.1, -0.05) is 60.1 Å². The first kappa shape index (κ1) is 14.6. The van der Waals surface area contributed by atoms with Crippen molar-refractivity contribution in [1.29, 1.82) is 0 Å². The van der Waals surface area contributed by atoms with E-state index in [9.17, 15) is 4.79 Å². The van der Waals surface area contributed by atoms with E-state index >= 15 is 0 Å². The van der Waals surface area contributed by atoms with Crippen LogP contribution < -0.4 is 11.1 Å². The standard InChI is InChI=1S/C16H17ClN2O/c1-16(15(18)20,13-9-5-6-10-14(13)17)19-11-12-7-3-2-4-8-12/h2-10,19H,11H2,1H3,(H2,18,20). The van der Waals surface area contributed by atoms with Crippen LogP contribution in [0.25, 0.3) is 0 Å². The van der Waals surface area contributed by atoms with Gasteiger partial charge in [-0.05, 0) is 24.1 Å². The highest BCUT2D eigenvalue weighted by Crippen LogP contribution is 2.28. The Labute approximate surface area is 123 Å². The lowest BCUT2D eigenvalue weighted by atomic mass is 9.90. The molecule has 2 aromatic carbocycles. The summed E-state index contributed by atoms with van der Waals surface area (Å²) in [5.41, 5.74) is 6.33. The summed E-state index contributed by atoms with van der Waals surface area (Å²) in [4.78, 5) is 11.9. The molecule has 0 saturated carbocycles. The summed E-state index contributed by atoms with van der Waals surface area (Å²) in [6, 6.07) is 17.1. The molecule has 3 nitrogen and oxygen atoms in total. The number of primary amides is 1. The number of carbonyl (C=O) groups is 1. The first-order valence-electron chi connectivity index (χ1n) is 6.38. The van der Waals surface area contributed by atoms with Gasteiger partial charge >= 0.3 is 0 Å². The second-order valence-electron chi connectivity index (χ2n) is 4.81. The van der Waals surface area contributed by atoms with Crippen LogP contribution in [0.1, 0.15) is 18.1 Å². The zero-order valence-electron chi connectivity index (χ0n) is 11.3. The number of hydrogen-bond acceptors (Lipinski definition) is 2. The maximum Gasteiger partial charge on any atom is 0.242 e. The molecule has 1 amide bonds. The second-order valence-corrected chi connectivity index (χ2v) is 5.22. The normalized spacial score (nSPS) is 13.7. The van der Waals surface area contributed by atoms with Crippen molar-refractivity contribution in [3.8, 4) is 0 Å². The van der Waals surface area contributed by atoms with E-state index in [1.807, 2.05) is 48.5 Å². The van der Waals surface area contributed by atoms with Crippen LogP contribution >= 0.6 is 11.6 Å². The zero-order valence-corrected chi connectivity index (χ0v) is 12.0. The number of benzene rings is 2. The molecule has 1 atom stereocenters. The van der Waals surface area contributed by atoms with Gasteiger partial charge in [0, 0.05) is 11.6 Å². The van der Waals surface area contributed by atoms with Gasteiger partial charge in [0.15, 0.2) is 0 Å². The molecule has 20 heavy (non-hydrogen) atoms. The molecule has 2 rings (SSSR count). The average Bonchev–Trinajstić information content (AvgIpc) is 2.46. The van der Waals surface area contributed by atoms with Crippen LogP contribution in [0.3, 0.4) is 0 Å². The molecule has 4 heteroatoms. The summed E-state index contributed by atoms with van der Waals surface area (Å²) in [5, 5.41) is 3.73. The molecule has 0 spiro atoms. The lowest BCUT2D eigenvalue weighted by molar-refractivity contribution is -0.124. The van der Waals surface area contributed by atoms with E-state index in [1.54, 1.807) is 13.0 Å². The molecule has 0 aromatic heterocycles. The van der Waals surface area contributed by atoms with E-state index in [-0.39, 0.29) is 0 Å². The van der Waals surface area contributed by atoms with E-state index in [4.69, 9.17) is 17.3 Å². The van der Waals surface area contributed by atoms with E-state index in [0.29, 0.717) is 17.1 Å². The highest BCUT2D eigenvalue weighted by Gasteiger charge is 2.34. The lowest BCUT2D eigenvalue weighted by Crippen LogP contribution is -2.50. The summed E-state index contributed by atoms with van der Waals surface area (Å²) in [6.07, 6.45) is 0. The molecule has 0 heterocycles. The molecule has 0 aliphatic heterocycles. The number of amides is 1. The summed E-state index contributed by atoms with van der Waals surface area (Å²) >= 11 is 6.19. The van der Waals surface area contributed by atoms with Gasteiger partial charge in [-0.15, -0.1) is 0 Å². The van der Waals surface area contributed by atoms with Gasteiger partial charge in [-0.3, -0.25) is 10.1 Å². The Kier molecular flexibility index (Phi) is 4.42. The molecule has 0 radical (unpaired) electrons. The molecule has 0 aliphatic rings. The summed E-state index contributed by atoms with van der Waals surface area (Å²) < 4.78 is 0. The Morgan fingerprint density at radius 2 is 1.75 bits per heavy atom. The van der Waals surface area contributed by atoms with Crippen LogP contribution in [0, 0.1) is 0 Å². The SMILES string of the molecule is CC(NCc1ccccc1)(C(N)=O)c1ccccc1Cl. The number of nitrogens with two attached hydrogens (primary N) is 1. The van der Waals surface area contributed by atoms with Crippen LogP contribution in [-0.4, -0.2) is 5.91 Å².